The van der Waals surface area contributed by atoms with Gasteiger partial charge in [-0.25, -0.2) is 0 Å². The maximum atomic E-state index is 11.8. The molecule has 2 N–H and O–H groups in total. The number of aryl methyl sites for hydroxylation is 1. The maximum absolute atomic E-state index is 11.8. The van der Waals surface area contributed by atoms with Crippen molar-refractivity contribution in [2.75, 3.05) is 0 Å². The Morgan fingerprint density at radius 2 is 1.88 bits per heavy atom. The lowest BCUT2D eigenvalue weighted by atomic mass is 9.85. The van der Waals surface area contributed by atoms with Crippen LogP contribution < -0.4 is 10.9 Å². The van der Waals surface area contributed by atoms with Gasteiger partial charge in [0.25, 0.3) is 5.91 Å². The van der Waals surface area contributed by atoms with Gasteiger partial charge in [-0.05, 0) is 31.4 Å². The Bertz CT molecular complexity index is 439. The Kier molecular flexibility index (Phi) is 3.42. The van der Waals surface area contributed by atoms with E-state index in [2.05, 4.69) is 10.9 Å². The fraction of sp³-hybridized carbons (Fsp3) is 0.385. The summed E-state index contributed by atoms with van der Waals surface area (Å²) in [6.45, 7) is 1.86. The van der Waals surface area contributed by atoms with Crippen molar-refractivity contribution in [1.29, 1.82) is 0 Å². The molecule has 0 unspecified atom stereocenters. The van der Waals surface area contributed by atoms with Gasteiger partial charge in [-0.2, -0.15) is 0 Å². The first kappa shape index (κ1) is 11.6. The lowest BCUT2D eigenvalue weighted by molar-refractivity contribution is -0.128. The van der Waals surface area contributed by atoms with E-state index < -0.39 is 0 Å². The third-order valence-electron chi connectivity index (χ3n) is 3.16. The molecule has 1 aliphatic carbocycles. The second kappa shape index (κ2) is 4.99. The average Bonchev–Trinajstić information content (AvgIpc) is 2.24. The number of nitrogens with one attached hydrogen (secondary N) is 2. The van der Waals surface area contributed by atoms with Gasteiger partial charge in [0.1, 0.15) is 0 Å². The lowest BCUT2D eigenvalue weighted by Crippen LogP contribution is -2.46. The molecule has 4 nitrogen and oxygen atoms in total. The highest BCUT2D eigenvalue weighted by Gasteiger charge is 2.25. The Labute approximate surface area is 100 Å². The van der Waals surface area contributed by atoms with Crippen LogP contribution in [-0.4, -0.2) is 11.8 Å². The Hall–Kier alpha value is -1.84. The minimum Gasteiger partial charge on any atom is -0.273 e. The highest BCUT2D eigenvalue weighted by atomic mass is 16.2. The summed E-state index contributed by atoms with van der Waals surface area (Å²) < 4.78 is 0. The van der Waals surface area contributed by atoms with Crippen LogP contribution in [0.1, 0.15) is 35.2 Å². The summed E-state index contributed by atoms with van der Waals surface area (Å²) in [5, 5.41) is 0. The minimum atomic E-state index is -0.268. The number of hydrogen-bond acceptors (Lipinski definition) is 2. The van der Waals surface area contributed by atoms with Crippen LogP contribution in [0.15, 0.2) is 24.3 Å². The van der Waals surface area contributed by atoms with Crippen LogP contribution in [0, 0.1) is 12.8 Å². The highest BCUT2D eigenvalue weighted by Crippen LogP contribution is 2.25. The highest BCUT2D eigenvalue weighted by molar-refractivity contribution is 5.96. The fourth-order valence-electron chi connectivity index (χ4n) is 1.79. The molecule has 0 aromatic heterocycles. The van der Waals surface area contributed by atoms with Crippen LogP contribution in [0.25, 0.3) is 0 Å². The molecule has 0 atom stereocenters. The van der Waals surface area contributed by atoms with Crippen molar-refractivity contribution in [3.63, 3.8) is 0 Å². The van der Waals surface area contributed by atoms with Crippen LogP contribution in [0.4, 0.5) is 0 Å². The van der Waals surface area contributed by atoms with Gasteiger partial charge < -0.3 is 0 Å². The number of carbonyl (C=O) groups excluding carboxylic acids is 2. The van der Waals surface area contributed by atoms with Crippen LogP contribution in [0.5, 0.6) is 0 Å². The van der Waals surface area contributed by atoms with E-state index in [0.29, 0.717) is 5.56 Å². The van der Waals surface area contributed by atoms with Crippen molar-refractivity contribution in [3.8, 4) is 0 Å². The van der Waals surface area contributed by atoms with Crippen molar-refractivity contribution >= 4 is 11.8 Å². The van der Waals surface area contributed by atoms with Gasteiger partial charge in [0, 0.05) is 11.5 Å². The predicted octanol–water partition coefficient (Wildman–Crippen LogP) is 1.56. The largest absolute Gasteiger partial charge is 0.273 e. The quantitative estimate of drug-likeness (QED) is 0.760. The van der Waals surface area contributed by atoms with Gasteiger partial charge in [0.15, 0.2) is 0 Å². The zero-order valence-electron chi connectivity index (χ0n) is 9.82. The van der Waals surface area contributed by atoms with E-state index in [4.69, 9.17) is 0 Å². The summed E-state index contributed by atoms with van der Waals surface area (Å²) in [4.78, 5) is 23.3. The first-order valence-electron chi connectivity index (χ1n) is 5.84. The smallest absolute Gasteiger partial charge is 0.269 e. The molecule has 4 heteroatoms. The van der Waals surface area contributed by atoms with Gasteiger partial charge >= 0.3 is 0 Å². The van der Waals surface area contributed by atoms with E-state index in [9.17, 15) is 9.59 Å². The van der Waals surface area contributed by atoms with Crippen molar-refractivity contribution in [2.24, 2.45) is 5.92 Å². The van der Waals surface area contributed by atoms with Crippen LogP contribution >= 0.6 is 0 Å². The number of rotatable bonds is 2. The van der Waals surface area contributed by atoms with Crippen LogP contribution in [0.3, 0.4) is 0 Å². The molecule has 1 aromatic carbocycles. The monoisotopic (exact) mass is 232 g/mol. The average molecular weight is 232 g/mol. The molecule has 90 valence electrons. The molecule has 1 aromatic rings. The first-order chi connectivity index (χ1) is 8.18. The van der Waals surface area contributed by atoms with Crippen molar-refractivity contribution in [3.05, 3.63) is 35.4 Å². The minimum absolute atomic E-state index is 0.0761. The SMILES string of the molecule is Cc1ccccc1C(=O)NNC(=O)C1CCC1. The normalized spacial score (nSPS) is 14.9. The molecule has 1 aliphatic rings. The molecule has 2 amide bonds. The van der Waals surface area contributed by atoms with Gasteiger partial charge in [-0.15, -0.1) is 0 Å². The lowest BCUT2D eigenvalue weighted by Gasteiger charge is -2.24. The van der Waals surface area contributed by atoms with Crippen molar-refractivity contribution in [2.45, 2.75) is 26.2 Å². The molecule has 1 saturated carbocycles. The molecular formula is C13H16N2O2. The molecule has 1 fully saturated rings. The van der Waals surface area contributed by atoms with Crippen LogP contribution in [0.2, 0.25) is 0 Å². The van der Waals surface area contributed by atoms with Gasteiger partial charge in [-0.3, -0.25) is 20.4 Å². The molecule has 17 heavy (non-hydrogen) atoms. The zero-order chi connectivity index (χ0) is 12.3. The topological polar surface area (TPSA) is 58.2 Å². The summed E-state index contributed by atoms with van der Waals surface area (Å²) in [6, 6.07) is 7.28. The van der Waals surface area contributed by atoms with E-state index >= 15 is 0 Å². The molecule has 0 saturated heterocycles. The fourth-order valence-corrected chi connectivity index (χ4v) is 1.79. The summed E-state index contributed by atoms with van der Waals surface area (Å²) in [6.07, 6.45) is 2.95. The number of hydrazine groups is 1. The molecule has 0 heterocycles. The number of carbonyl (C=O) groups is 2. The third kappa shape index (κ3) is 2.64. The number of benzene rings is 1. The number of hydrogen-bond donors (Lipinski definition) is 2. The first-order valence-corrected chi connectivity index (χ1v) is 5.84. The van der Waals surface area contributed by atoms with Gasteiger partial charge in [0.2, 0.25) is 5.91 Å². The Balaban J connectivity index is 1.89. The zero-order valence-corrected chi connectivity index (χ0v) is 9.82. The van der Waals surface area contributed by atoms with Crippen molar-refractivity contribution in [1.82, 2.24) is 10.9 Å². The Morgan fingerprint density at radius 1 is 1.18 bits per heavy atom. The molecule has 0 radical (unpaired) electrons. The predicted molar refractivity (Wildman–Crippen MR) is 64.1 cm³/mol. The summed E-state index contributed by atoms with van der Waals surface area (Å²) in [5.74, 6) is -0.277. The summed E-state index contributed by atoms with van der Waals surface area (Å²) >= 11 is 0. The van der Waals surface area contributed by atoms with E-state index in [1.165, 1.54) is 0 Å². The molecule has 0 bridgehead atoms. The third-order valence-corrected chi connectivity index (χ3v) is 3.16. The summed E-state index contributed by atoms with van der Waals surface area (Å²) in [7, 11) is 0. The second-order valence-corrected chi connectivity index (χ2v) is 4.39. The second-order valence-electron chi connectivity index (χ2n) is 4.39. The van der Waals surface area contributed by atoms with E-state index in [1.807, 2.05) is 19.1 Å². The van der Waals surface area contributed by atoms with Crippen LogP contribution in [-0.2, 0) is 4.79 Å². The van der Waals surface area contributed by atoms with Crippen molar-refractivity contribution < 1.29 is 9.59 Å². The summed E-state index contributed by atoms with van der Waals surface area (Å²) in [5.41, 5.74) is 6.40. The maximum Gasteiger partial charge on any atom is 0.269 e. The Morgan fingerprint density at radius 3 is 2.47 bits per heavy atom. The molecule has 0 spiro atoms. The van der Waals surface area contributed by atoms with Gasteiger partial charge in [-0.1, -0.05) is 24.6 Å². The standard InChI is InChI=1S/C13H16N2O2/c1-9-5-2-3-8-11(9)13(17)15-14-12(16)10-6-4-7-10/h2-3,5,8,10H,4,6-7H2,1H3,(H,14,16)(H,15,17). The van der Waals surface area contributed by atoms with E-state index in [0.717, 1.165) is 24.8 Å². The van der Waals surface area contributed by atoms with E-state index in [1.54, 1.807) is 12.1 Å². The molecule has 0 aliphatic heterocycles. The van der Waals surface area contributed by atoms with Gasteiger partial charge in [0.05, 0.1) is 0 Å². The van der Waals surface area contributed by atoms with E-state index in [-0.39, 0.29) is 17.7 Å². The molecule has 2 rings (SSSR count). The number of amides is 2. The molecular weight excluding hydrogens is 216 g/mol.